The minimum atomic E-state index is 0.514. The van der Waals surface area contributed by atoms with Crippen LogP contribution in [0.5, 0.6) is 0 Å². The van der Waals surface area contributed by atoms with Gasteiger partial charge in [-0.05, 0) is 31.6 Å². The molecule has 0 radical (unpaired) electrons. The minimum absolute atomic E-state index is 0.514. The molecule has 2 saturated heterocycles. The number of hydrogen-bond donors (Lipinski definition) is 0. The summed E-state index contributed by atoms with van der Waals surface area (Å²) in [7, 11) is 2.08. The molecule has 0 spiro atoms. The van der Waals surface area contributed by atoms with Crippen molar-refractivity contribution in [2.24, 2.45) is 5.92 Å². The van der Waals surface area contributed by atoms with Gasteiger partial charge in [-0.25, -0.2) is 9.97 Å². The van der Waals surface area contributed by atoms with E-state index in [1.54, 1.807) is 12.4 Å². The monoisotopic (exact) mass is 324 g/mol. The molecule has 0 bridgehead atoms. The maximum absolute atomic E-state index is 5.85. The Morgan fingerprint density at radius 1 is 1.27 bits per heavy atom. The van der Waals surface area contributed by atoms with Crippen molar-refractivity contribution in [3.63, 3.8) is 0 Å². The van der Waals surface area contributed by atoms with E-state index in [9.17, 15) is 0 Å². The molecule has 0 aromatic carbocycles. The zero-order valence-corrected chi connectivity index (χ0v) is 14.0. The molecule has 0 N–H and O–H groups in total. The molecule has 5 nitrogen and oxygen atoms in total. The molecule has 1 aromatic heterocycles. The van der Waals surface area contributed by atoms with Gasteiger partial charge in [-0.1, -0.05) is 11.6 Å². The Morgan fingerprint density at radius 2 is 2.00 bits per heavy atom. The summed E-state index contributed by atoms with van der Waals surface area (Å²) in [5.74, 6) is 1.49. The first kappa shape index (κ1) is 16.0. The zero-order chi connectivity index (χ0) is 15.4. The summed E-state index contributed by atoms with van der Waals surface area (Å²) in [5, 5.41) is 0.585. The topological polar surface area (TPSA) is 41.5 Å². The molecule has 2 aliphatic heterocycles. The predicted octanol–water partition coefficient (Wildman–Crippen LogP) is 2.46. The predicted molar refractivity (Wildman–Crippen MR) is 88.5 cm³/mol. The average Bonchev–Trinajstić information content (AvgIpc) is 2.57. The van der Waals surface area contributed by atoms with E-state index in [1.165, 1.54) is 19.4 Å². The molecule has 1 aromatic rings. The van der Waals surface area contributed by atoms with Gasteiger partial charge >= 0.3 is 0 Å². The Balaban J connectivity index is 1.47. The first-order valence-electron chi connectivity index (χ1n) is 8.23. The Labute approximate surface area is 137 Å². The lowest BCUT2D eigenvalue weighted by Gasteiger charge is -2.38. The van der Waals surface area contributed by atoms with E-state index in [-0.39, 0.29) is 0 Å². The second kappa shape index (κ2) is 7.57. The highest BCUT2D eigenvalue weighted by Gasteiger charge is 2.26. The lowest BCUT2D eigenvalue weighted by atomic mass is 9.98. The van der Waals surface area contributed by atoms with Gasteiger partial charge < -0.3 is 14.5 Å². The summed E-state index contributed by atoms with van der Waals surface area (Å²) >= 11 is 5.85. The molecule has 6 heteroatoms. The third-order valence-electron chi connectivity index (χ3n) is 4.80. The summed E-state index contributed by atoms with van der Waals surface area (Å²) in [6, 6.07) is 0.514. The van der Waals surface area contributed by atoms with E-state index in [0.717, 1.165) is 51.0 Å². The Hall–Kier alpha value is -0.910. The van der Waals surface area contributed by atoms with Crippen molar-refractivity contribution in [2.75, 3.05) is 44.8 Å². The number of nitrogens with zero attached hydrogens (tertiary/aromatic N) is 4. The normalized spacial score (nSPS) is 24.4. The van der Waals surface area contributed by atoms with Crippen molar-refractivity contribution in [3.8, 4) is 0 Å². The maximum atomic E-state index is 5.85. The summed E-state index contributed by atoms with van der Waals surface area (Å²) in [6.07, 6.45) is 8.19. The molecular weight excluding hydrogens is 300 g/mol. The number of halogens is 1. The van der Waals surface area contributed by atoms with Crippen LogP contribution < -0.4 is 4.90 Å². The van der Waals surface area contributed by atoms with Crippen molar-refractivity contribution in [1.29, 1.82) is 0 Å². The number of likely N-dealkylation sites (tertiary alicyclic amines) is 1. The second-order valence-electron chi connectivity index (χ2n) is 6.43. The molecule has 1 atom stereocenters. The smallest absolute Gasteiger partial charge is 0.225 e. The van der Waals surface area contributed by atoms with Gasteiger partial charge in [0.1, 0.15) is 0 Å². The first-order chi connectivity index (χ1) is 10.7. The summed E-state index contributed by atoms with van der Waals surface area (Å²) < 4.78 is 5.59. The highest BCUT2D eigenvalue weighted by Crippen LogP contribution is 2.22. The summed E-state index contributed by atoms with van der Waals surface area (Å²) in [4.78, 5) is 13.4. The van der Waals surface area contributed by atoms with Crippen LogP contribution in [0.2, 0.25) is 5.02 Å². The highest BCUT2D eigenvalue weighted by molar-refractivity contribution is 6.30. The molecule has 2 fully saturated rings. The van der Waals surface area contributed by atoms with Crippen molar-refractivity contribution >= 4 is 17.5 Å². The van der Waals surface area contributed by atoms with Crippen molar-refractivity contribution in [2.45, 2.75) is 31.7 Å². The fourth-order valence-corrected chi connectivity index (χ4v) is 3.55. The van der Waals surface area contributed by atoms with E-state index in [0.29, 0.717) is 11.1 Å². The molecule has 2 aliphatic rings. The van der Waals surface area contributed by atoms with Gasteiger partial charge in [0.25, 0.3) is 0 Å². The van der Waals surface area contributed by atoms with Crippen LogP contribution in [0.1, 0.15) is 25.7 Å². The van der Waals surface area contributed by atoms with Gasteiger partial charge in [0.2, 0.25) is 5.95 Å². The summed E-state index contributed by atoms with van der Waals surface area (Å²) in [6.45, 7) is 5.38. The Kier molecular flexibility index (Phi) is 5.50. The van der Waals surface area contributed by atoms with Crippen LogP contribution in [0, 0.1) is 5.92 Å². The van der Waals surface area contributed by atoms with E-state index in [1.807, 2.05) is 0 Å². The summed E-state index contributed by atoms with van der Waals surface area (Å²) in [5.41, 5.74) is 0. The van der Waals surface area contributed by atoms with Crippen molar-refractivity contribution in [1.82, 2.24) is 14.9 Å². The quantitative estimate of drug-likeness (QED) is 0.851. The third kappa shape index (κ3) is 4.09. The van der Waals surface area contributed by atoms with Gasteiger partial charge in [-0.3, -0.25) is 0 Å². The van der Waals surface area contributed by atoms with Crippen LogP contribution in [-0.4, -0.2) is 60.8 Å². The average molecular weight is 325 g/mol. The van der Waals surface area contributed by atoms with Crippen LogP contribution >= 0.6 is 11.6 Å². The number of aromatic nitrogens is 2. The van der Waals surface area contributed by atoms with Gasteiger partial charge in [0.15, 0.2) is 0 Å². The number of anilines is 1. The van der Waals surface area contributed by atoms with Gasteiger partial charge in [-0.15, -0.1) is 0 Å². The van der Waals surface area contributed by atoms with Gasteiger partial charge in [-0.2, -0.15) is 0 Å². The van der Waals surface area contributed by atoms with Crippen molar-refractivity contribution in [3.05, 3.63) is 17.4 Å². The van der Waals surface area contributed by atoms with Crippen LogP contribution in [-0.2, 0) is 4.74 Å². The molecule has 0 saturated carbocycles. The Bertz CT molecular complexity index is 456. The van der Waals surface area contributed by atoms with Crippen molar-refractivity contribution < 1.29 is 4.74 Å². The number of rotatable bonds is 4. The van der Waals surface area contributed by atoms with Gasteiger partial charge in [0, 0.05) is 39.3 Å². The fraction of sp³-hybridized carbons (Fsp3) is 0.750. The molecule has 0 amide bonds. The third-order valence-corrected chi connectivity index (χ3v) is 4.99. The van der Waals surface area contributed by atoms with E-state index in [4.69, 9.17) is 16.3 Å². The molecule has 22 heavy (non-hydrogen) atoms. The van der Waals surface area contributed by atoms with Crippen LogP contribution in [0.3, 0.4) is 0 Å². The number of piperidine rings is 1. The van der Waals surface area contributed by atoms with Gasteiger partial charge in [0.05, 0.1) is 24.0 Å². The molecule has 3 heterocycles. The van der Waals surface area contributed by atoms with E-state index in [2.05, 4.69) is 26.8 Å². The highest BCUT2D eigenvalue weighted by atomic mass is 35.5. The van der Waals surface area contributed by atoms with E-state index < -0.39 is 0 Å². The number of ether oxygens (including phenoxy) is 1. The Morgan fingerprint density at radius 3 is 2.64 bits per heavy atom. The van der Waals surface area contributed by atoms with Crippen LogP contribution in [0.15, 0.2) is 12.4 Å². The first-order valence-corrected chi connectivity index (χ1v) is 8.60. The van der Waals surface area contributed by atoms with Crippen LogP contribution in [0.4, 0.5) is 5.95 Å². The minimum Gasteiger partial charge on any atom is -0.381 e. The molecule has 3 rings (SSSR count). The lowest BCUT2D eigenvalue weighted by Crippen LogP contribution is -2.46. The SMILES string of the molecule is CN(c1ncc(Cl)cn1)C1CCN(CC2CCCOC2)CC1. The van der Waals surface area contributed by atoms with E-state index >= 15 is 0 Å². The fourth-order valence-electron chi connectivity index (χ4n) is 3.46. The second-order valence-corrected chi connectivity index (χ2v) is 6.86. The molecular formula is C16H25ClN4O. The lowest BCUT2D eigenvalue weighted by molar-refractivity contribution is 0.0346. The van der Waals surface area contributed by atoms with Crippen LogP contribution in [0.25, 0.3) is 0 Å². The largest absolute Gasteiger partial charge is 0.381 e. The molecule has 0 aliphatic carbocycles. The zero-order valence-electron chi connectivity index (χ0n) is 13.2. The number of hydrogen-bond acceptors (Lipinski definition) is 5. The standard InChI is InChI=1S/C16H25ClN4O/c1-20(16-18-9-14(17)10-19-16)15-4-6-21(7-5-15)11-13-3-2-8-22-12-13/h9-10,13,15H,2-8,11-12H2,1H3. The maximum Gasteiger partial charge on any atom is 0.225 e. The molecule has 1 unspecified atom stereocenters. The molecule has 122 valence electrons.